The van der Waals surface area contributed by atoms with Crippen molar-refractivity contribution in [1.82, 2.24) is 0 Å². The van der Waals surface area contributed by atoms with Crippen molar-refractivity contribution in [2.75, 3.05) is 7.11 Å². The van der Waals surface area contributed by atoms with Crippen LogP contribution in [0.3, 0.4) is 0 Å². The molecule has 0 atom stereocenters. The Bertz CT molecular complexity index is 873. The number of methoxy groups -OCH3 is 1. The van der Waals surface area contributed by atoms with Crippen molar-refractivity contribution in [2.24, 2.45) is 0 Å². The molecule has 0 spiro atoms. The molecule has 4 heteroatoms. The molecule has 1 heterocycles. The van der Waals surface area contributed by atoms with Crippen molar-refractivity contribution >= 4 is 16.8 Å². The highest BCUT2D eigenvalue weighted by Gasteiger charge is 2.16. The molecule has 0 aliphatic heterocycles. The number of rotatable bonds is 4. The molecule has 0 unspecified atom stereocenters. The van der Waals surface area contributed by atoms with E-state index in [1.54, 1.807) is 13.2 Å². The number of furan rings is 1. The van der Waals surface area contributed by atoms with Crippen LogP contribution in [0.1, 0.15) is 18.1 Å². The lowest BCUT2D eigenvalue weighted by Crippen LogP contribution is -1.95. The van der Waals surface area contributed by atoms with E-state index in [1.165, 1.54) is 6.92 Å². The number of aryl methyl sites for hydroxylation is 1. The number of fused-ring (bicyclic) bond motifs is 1. The van der Waals surface area contributed by atoms with Gasteiger partial charge in [-0.15, -0.1) is 0 Å². The highest BCUT2D eigenvalue weighted by atomic mass is 16.5. The average Bonchev–Trinajstić information content (AvgIpc) is 2.85. The molecule has 0 aliphatic rings. The van der Waals surface area contributed by atoms with Gasteiger partial charge in [-0.25, -0.2) is 0 Å². The predicted octanol–water partition coefficient (Wildman–Crippen LogP) is 4.25. The Kier molecular flexibility index (Phi) is 3.82. The first-order chi connectivity index (χ1) is 11.0. The van der Waals surface area contributed by atoms with E-state index in [4.69, 9.17) is 9.15 Å². The third-order valence-electron chi connectivity index (χ3n) is 3.88. The van der Waals surface area contributed by atoms with Crippen LogP contribution in [0.5, 0.6) is 11.5 Å². The van der Waals surface area contributed by atoms with E-state index >= 15 is 0 Å². The van der Waals surface area contributed by atoms with Gasteiger partial charge in [0, 0.05) is 22.9 Å². The van der Waals surface area contributed by atoms with Crippen molar-refractivity contribution in [3.8, 4) is 22.8 Å². The minimum Gasteiger partial charge on any atom is -0.504 e. The molecule has 3 aromatic rings. The average molecular weight is 310 g/mol. The van der Waals surface area contributed by atoms with Crippen molar-refractivity contribution in [1.29, 1.82) is 0 Å². The maximum Gasteiger partial charge on any atom is 0.176 e. The number of ether oxygens (including phenoxy) is 1. The van der Waals surface area contributed by atoms with Gasteiger partial charge in [0.1, 0.15) is 17.3 Å². The summed E-state index contributed by atoms with van der Waals surface area (Å²) in [6.07, 6.45) is 0.298. The van der Waals surface area contributed by atoms with E-state index in [2.05, 4.69) is 0 Å². The van der Waals surface area contributed by atoms with E-state index in [1.807, 2.05) is 37.3 Å². The number of aromatic hydroxyl groups is 1. The molecule has 0 fully saturated rings. The topological polar surface area (TPSA) is 59.7 Å². The highest BCUT2D eigenvalue weighted by Crippen LogP contribution is 2.38. The van der Waals surface area contributed by atoms with E-state index in [9.17, 15) is 9.90 Å². The van der Waals surface area contributed by atoms with Crippen LogP contribution in [0, 0.1) is 6.92 Å². The smallest absolute Gasteiger partial charge is 0.176 e. The largest absolute Gasteiger partial charge is 0.504 e. The maximum absolute atomic E-state index is 11.3. The quantitative estimate of drug-likeness (QED) is 0.782. The molecule has 0 saturated carbocycles. The zero-order valence-corrected chi connectivity index (χ0v) is 13.3. The van der Waals surface area contributed by atoms with Gasteiger partial charge < -0.3 is 14.3 Å². The number of carbonyl (C=O) groups excluding carboxylic acids is 1. The second kappa shape index (κ2) is 5.80. The van der Waals surface area contributed by atoms with Gasteiger partial charge in [0.2, 0.25) is 0 Å². The molecule has 0 radical (unpaired) electrons. The molecular formula is C19H18O4. The van der Waals surface area contributed by atoms with E-state index in [0.717, 1.165) is 27.8 Å². The standard InChI is InChI=1S/C19H18O4/c1-11(20)8-13-9-16-12(2)18(23-19(16)17(21)10-13)14-4-6-15(22-3)7-5-14/h4-7,9-10,21H,8H2,1-3H3. The molecule has 2 aromatic carbocycles. The van der Waals surface area contributed by atoms with Crippen LogP contribution in [0.15, 0.2) is 40.8 Å². The van der Waals surface area contributed by atoms with Gasteiger partial charge in [-0.05, 0) is 55.8 Å². The lowest BCUT2D eigenvalue weighted by atomic mass is 10.0. The zero-order valence-electron chi connectivity index (χ0n) is 13.3. The molecule has 23 heavy (non-hydrogen) atoms. The molecule has 0 bridgehead atoms. The first-order valence-electron chi connectivity index (χ1n) is 7.38. The molecule has 0 amide bonds. The lowest BCUT2D eigenvalue weighted by molar-refractivity contribution is -0.116. The van der Waals surface area contributed by atoms with E-state index in [-0.39, 0.29) is 11.5 Å². The number of hydrogen-bond acceptors (Lipinski definition) is 4. The minimum atomic E-state index is 0.0558. The van der Waals surface area contributed by atoms with Crippen LogP contribution in [-0.2, 0) is 11.2 Å². The lowest BCUT2D eigenvalue weighted by Gasteiger charge is -2.01. The summed E-state index contributed by atoms with van der Waals surface area (Å²) in [7, 11) is 1.62. The van der Waals surface area contributed by atoms with Gasteiger partial charge in [-0.3, -0.25) is 4.79 Å². The molecule has 118 valence electrons. The SMILES string of the molecule is COc1ccc(-c2oc3c(O)cc(CC(C)=O)cc3c2C)cc1. The molecule has 1 N–H and O–H groups in total. The summed E-state index contributed by atoms with van der Waals surface area (Å²) in [5.74, 6) is 1.59. The number of benzene rings is 2. The Labute approximate surface area is 134 Å². The third-order valence-corrected chi connectivity index (χ3v) is 3.88. The number of carbonyl (C=O) groups is 1. The van der Waals surface area contributed by atoms with Crippen molar-refractivity contribution in [3.05, 3.63) is 47.5 Å². The number of Topliss-reactive ketones (excluding diaryl/α,β-unsaturated/α-hetero) is 1. The predicted molar refractivity (Wildman–Crippen MR) is 89.0 cm³/mol. The van der Waals surface area contributed by atoms with Crippen molar-refractivity contribution < 1.29 is 19.1 Å². The summed E-state index contributed by atoms with van der Waals surface area (Å²) in [4.78, 5) is 11.3. The first-order valence-corrected chi connectivity index (χ1v) is 7.38. The fraction of sp³-hybridized carbons (Fsp3) is 0.211. The summed E-state index contributed by atoms with van der Waals surface area (Å²) < 4.78 is 11.0. The molecule has 3 rings (SSSR count). The fourth-order valence-electron chi connectivity index (χ4n) is 2.77. The Morgan fingerprint density at radius 3 is 2.52 bits per heavy atom. The Morgan fingerprint density at radius 1 is 1.22 bits per heavy atom. The van der Waals surface area contributed by atoms with Gasteiger partial charge in [0.05, 0.1) is 7.11 Å². The van der Waals surface area contributed by atoms with Gasteiger partial charge in [-0.2, -0.15) is 0 Å². The highest BCUT2D eigenvalue weighted by molar-refractivity contribution is 5.92. The monoisotopic (exact) mass is 310 g/mol. The Morgan fingerprint density at radius 2 is 1.91 bits per heavy atom. The Balaban J connectivity index is 2.13. The van der Waals surface area contributed by atoms with Crippen LogP contribution >= 0.6 is 0 Å². The molecule has 4 nitrogen and oxygen atoms in total. The maximum atomic E-state index is 11.3. The van der Waals surface area contributed by atoms with Crippen LogP contribution in [-0.4, -0.2) is 18.0 Å². The van der Waals surface area contributed by atoms with E-state index < -0.39 is 0 Å². The van der Waals surface area contributed by atoms with Gasteiger partial charge in [0.25, 0.3) is 0 Å². The van der Waals surface area contributed by atoms with Crippen LogP contribution in [0.4, 0.5) is 0 Å². The van der Waals surface area contributed by atoms with Crippen LogP contribution in [0.25, 0.3) is 22.3 Å². The van der Waals surface area contributed by atoms with Crippen LogP contribution in [0.2, 0.25) is 0 Å². The fourth-order valence-corrected chi connectivity index (χ4v) is 2.77. The zero-order chi connectivity index (χ0) is 16.6. The van der Waals surface area contributed by atoms with E-state index in [0.29, 0.717) is 17.8 Å². The first kappa shape index (κ1) is 15.2. The summed E-state index contributed by atoms with van der Waals surface area (Å²) in [6, 6.07) is 11.0. The molecular weight excluding hydrogens is 292 g/mol. The number of hydrogen-bond donors (Lipinski definition) is 1. The summed E-state index contributed by atoms with van der Waals surface area (Å²) in [5.41, 5.74) is 3.08. The summed E-state index contributed by atoms with van der Waals surface area (Å²) in [5, 5.41) is 11.0. The van der Waals surface area contributed by atoms with Crippen molar-refractivity contribution in [3.63, 3.8) is 0 Å². The second-order valence-corrected chi connectivity index (χ2v) is 5.66. The Hall–Kier alpha value is -2.75. The molecule has 0 saturated heterocycles. The number of phenols is 1. The van der Waals surface area contributed by atoms with Gasteiger partial charge >= 0.3 is 0 Å². The number of phenolic OH excluding ortho intramolecular Hbond substituents is 1. The second-order valence-electron chi connectivity index (χ2n) is 5.66. The minimum absolute atomic E-state index is 0.0558. The van der Waals surface area contributed by atoms with Gasteiger partial charge in [-0.1, -0.05) is 0 Å². The van der Waals surface area contributed by atoms with Crippen LogP contribution < -0.4 is 4.74 Å². The molecule has 0 aliphatic carbocycles. The molecule has 1 aromatic heterocycles. The number of ketones is 1. The van der Waals surface area contributed by atoms with Gasteiger partial charge in [0.15, 0.2) is 11.3 Å². The third kappa shape index (κ3) is 2.80. The van der Waals surface area contributed by atoms with Crippen molar-refractivity contribution in [2.45, 2.75) is 20.3 Å². The summed E-state index contributed by atoms with van der Waals surface area (Å²) >= 11 is 0. The normalized spacial score (nSPS) is 10.9. The summed E-state index contributed by atoms with van der Waals surface area (Å²) in [6.45, 7) is 3.48.